The number of nitrogens with zero attached hydrogens (tertiary/aromatic N) is 1. The van der Waals surface area contributed by atoms with E-state index in [2.05, 4.69) is 53.8 Å². The van der Waals surface area contributed by atoms with Crippen LogP contribution in [0.25, 0.3) is 21.0 Å². The highest BCUT2D eigenvalue weighted by Gasteiger charge is 2.13. The zero-order valence-corrected chi connectivity index (χ0v) is 12.2. The maximum Gasteiger partial charge on any atom is 0.124 e. The minimum absolute atomic E-state index is 0.785. The van der Waals surface area contributed by atoms with Crippen molar-refractivity contribution in [3.8, 4) is 21.0 Å². The van der Waals surface area contributed by atoms with E-state index < -0.39 is 0 Å². The molecule has 2 aromatic carbocycles. The van der Waals surface area contributed by atoms with Crippen molar-refractivity contribution in [3.63, 3.8) is 0 Å². The molecule has 0 unspecified atom stereocenters. The lowest BCUT2D eigenvalue weighted by Crippen LogP contribution is -2.06. The minimum atomic E-state index is 0.785. The zero-order chi connectivity index (χ0) is 13.8. The van der Waals surface area contributed by atoms with Gasteiger partial charge in [-0.3, -0.25) is 0 Å². The van der Waals surface area contributed by atoms with E-state index in [4.69, 9.17) is 4.98 Å². The van der Waals surface area contributed by atoms with E-state index in [0.29, 0.717) is 0 Å². The Morgan fingerprint density at radius 1 is 0.900 bits per heavy atom. The minimum Gasteiger partial charge on any atom is -0.314 e. The molecule has 0 aliphatic rings. The predicted molar refractivity (Wildman–Crippen MR) is 85.7 cm³/mol. The van der Waals surface area contributed by atoms with Gasteiger partial charge in [0.25, 0.3) is 0 Å². The van der Waals surface area contributed by atoms with Crippen LogP contribution < -0.4 is 5.32 Å². The molecule has 1 heterocycles. The summed E-state index contributed by atoms with van der Waals surface area (Å²) < 4.78 is 0. The van der Waals surface area contributed by atoms with Crippen molar-refractivity contribution in [1.82, 2.24) is 10.3 Å². The monoisotopic (exact) mass is 280 g/mol. The molecule has 1 aromatic heterocycles. The molecular formula is C17H16N2S. The lowest BCUT2D eigenvalue weighted by molar-refractivity contribution is 0.799. The average molecular weight is 280 g/mol. The second-order valence-corrected chi connectivity index (χ2v) is 5.56. The van der Waals surface area contributed by atoms with Crippen molar-refractivity contribution in [2.75, 3.05) is 7.05 Å². The number of benzene rings is 2. The molecule has 0 aliphatic heterocycles. The first-order valence-electron chi connectivity index (χ1n) is 6.63. The second-order valence-electron chi connectivity index (χ2n) is 4.56. The highest BCUT2D eigenvalue weighted by molar-refractivity contribution is 7.18. The highest BCUT2D eigenvalue weighted by Crippen LogP contribution is 2.35. The first-order chi connectivity index (χ1) is 9.88. The lowest BCUT2D eigenvalue weighted by atomic mass is 10.1. The third-order valence-electron chi connectivity index (χ3n) is 3.10. The Morgan fingerprint density at radius 2 is 1.50 bits per heavy atom. The van der Waals surface area contributed by atoms with Crippen LogP contribution in [0.15, 0.2) is 60.7 Å². The third kappa shape index (κ3) is 2.64. The summed E-state index contributed by atoms with van der Waals surface area (Å²) in [4.78, 5) is 6.05. The summed E-state index contributed by atoms with van der Waals surface area (Å²) in [5.74, 6) is 0. The van der Waals surface area contributed by atoms with E-state index in [0.717, 1.165) is 17.2 Å². The first kappa shape index (κ1) is 13.0. The topological polar surface area (TPSA) is 24.9 Å². The Labute approximate surface area is 123 Å². The van der Waals surface area contributed by atoms with E-state index in [1.807, 2.05) is 19.2 Å². The smallest absolute Gasteiger partial charge is 0.124 e. The van der Waals surface area contributed by atoms with Crippen LogP contribution in [0.3, 0.4) is 0 Å². The Balaban J connectivity index is 2.08. The molecule has 0 atom stereocenters. The van der Waals surface area contributed by atoms with Crippen LogP contribution >= 0.6 is 11.3 Å². The van der Waals surface area contributed by atoms with Crippen molar-refractivity contribution >= 4 is 11.3 Å². The largest absolute Gasteiger partial charge is 0.314 e. The summed E-state index contributed by atoms with van der Waals surface area (Å²) in [6.07, 6.45) is 0. The van der Waals surface area contributed by atoms with Gasteiger partial charge >= 0.3 is 0 Å². The van der Waals surface area contributed by atoms with Gasteiger partial charge in [-0.2, -0.15) is 0 Å². The van der Waals surface area contributed by atoms with Gasteiger partial charge in [0.1, 0.15) is 5.01 Å². The van der Waals surface area contributed by atoms with Gasteiger partial charge in [-0.1, -0.05) is 60.7 Å². The highest BCUT2D eigenvalue weighted by atomic mass is 32.1. The molecule has 3 rings (SSSR count). The maximum absolute atomic E-state index is 4.80. The van der Waals surface area contributed by atoms with Gasteiger partial charge < -0.3 is 5.32 Å². The second kappa shape index (κ2) is 5.99. The zero-order valence-electron chi connectivity index (χ0n) is 11.3. The van der Waals surface area contributed by atoms with E-state index >= 15 is 0 Å². The van der Waals surface area contributed by atoms with E-state index in [1.54, 1.807) is 11.3 Å². The van der Waals surface area contributed by atoms with Gasteiger partial charge in [-0.05, 0) is 12.6 Å². The van der Waals surface area contributed by atoms with Crippen LogP contribution in [0.1, 0.15) is 5.69 Å². The number of hydrogen-bond acceptors (Lipinski definition) is 3. The van der Waals surface area contributed by atoms with Gasteiger partial charge in [-0.25, -0.2) is 4.98 Å². The van der Waals surface area contributed by atoms with Crippen molar-refractivity contribution in [3.05, 3.63) is 66.4 Å². The van der Waals surface area contributed by atoms with Crippen molar-refractivity contribution < 1.29 is 0 Å². The quantitative estimate of drug-likeness (QED) is 0.775. The number of rotatable bonds is 4. The molecule has 0 amide bonds. The normalized spacial score (nSPS) is 10.7. The fourth-order valence-electron chi connectivity index (χ4n) is 2.16. The third-order valence-corrected chi connectivity index (χ3v) is 4.29. The van der Waals surface area contributed by atoms with Gasteiger partial charge in [0.05, 0.1) is 10.6 Å². The molecule has 0 fully saturated rings. The molecule has 0 bridgehead atoms. The Bertz CT molecular complexity index is 675. The molecule has 2 nitrogen and oxygen atoms in total. The number of hydrogen-bond donors (Lipinski definition) is 1. The molecular weight excluding hydrogens is 264 g/mol. The molecule has 0 saturated heterocycles. The summed E-state index contributed by atoms with van der Waals surface area (Å²) in [7, 11) is 1.95. The van der Waals surface area contributed by atoms with Gasteiger partial charge in [-0.15, -0.1) is 11.3 Å². The molecule has 0 saturated carbocycles. The lowest BCUT2D eigenvalue weighted by Gasteiger charge is -2.00. The molecule has 3 aromatic rings. The maximum atomic E-state index is 4.80. The van der Waals surface area contributed by atoms with Crippen molar-refractivity contribution in [2.24, 2.45) is 0 Å². The summed E-state index contributed by atoms with van der Waals surface area (Å²) in [6, 6.07) is 20.8. The summed E-state index contributed by atoms with van der Waals surface area (Å²) in [5, 5.41) is 4.28. The van der Waals surface area contributed by atoms with Crippen LogP contribution in [0.5, 0.6) is 0 Å². The number of thiazole rings is 1. The molecule has 1 N–H and O–H groups in total. The van der Waals surface area contributed by atoms with Crippen LogP contribution in [-0.4, -0.2) is 12.0 Å². The Kier molecular flexibility index (Phi) is 3.90. The Hall–Kier alpha value is -1.97. The average Bonchev–Trinajstić information content (AvgIpc) is 2.94. The first-order valence-corrected chi connectivity index (χ1v) is 7.45. The Morgan fingerprint density at radius 3 is 2.10 bits per heavy atom. The van der Waals surface area contributed by atoms with Crippen LogP contribution in [0.2, 0.25) is 0 Å². The van der Waals surface area contributed by atoms with E-state index in [1.165, 1.54) is 16.0 Å². The predicted octanol–water partition coefficient (Wildman–Crippen LogP) is 4.20. The van der Waals surface area contributed by atoms with Gasteiger partial charge in [0.2, 0.25) is 0 Å². The van der Waals surface area contributed by atoms with E-state index in [9.17, 15) is 0 Å². The summed E-state index contributed by atoms with van der Waals surface area (Å²) in [6.45, 7) is 0.785. The molecule has 100 valence electrons. The van der Waals surface area contributed by atoms with Gasteiger partial charge in [0.15, 0.2) is 0 Å². The molecule has 3 heteroatoms. The fraction of sp³-hybridized carbons (Fsp3) is 0.118. The number of aromatic nitrogens is 1. The van der Waals surface area contributed by atoms with Crippen LogP contribution in [0.4, 0.5) is 0 Å². The summed E-state index contributed by atoms with van der Waals surface area (Å²) in [5.41, 5.74) is 3.53. The standard InChI is InChI=1S/C17H16N2S/c1-18-12-15-16(13-8-4-2-5-9-13)20-17(19-15)14-10-6-3-7-11-14/h2-11,18H,12H2,1H3. The fourth-order valence-corrected chi connectivity index (χ4v) is 3.25. The van der Waals surface area contributed by atoms with Crippen LogP contribution in [-0.2, 0) is 6.54 Å². The van der Waals surface area contributed by atoms with Crippen molar-refractivity contribution in [1.29, 1.82) is 0 Å². The molecule has 0 radical (unpaired) electrons. The molecule has 0 spiro atoms. The van der Waals surface area contributed by atoms with E-state index in [-0.39, 0.29) is 0 Å². The molecule has 20 heavy (non-hydrogen) atoms. The summed E-state index contributed by atoms with van der Waals surface area (Å²) >= 11 is 1.75. The van der Waals surface area contributed by atoms with Gasteiger partial charge in [0, 0.05) is 12.1 Å². The molecule has 0 aliphatic carbocycles. The van der Waals surface area contributed by atoms with Crippen LogP contribution in [0, 0.1) is 0 Å². The van der Waals surface area contributed by atoms with Crippen molar-refractivity contribution in [2.45, 2.75) is 6.54 Å². The number of nitrogens with one attached hydrogen (secondary N) is 1. The SMILES string of the molecule is CNCc1nc(-c2ccccc2)sc1-c1ccccc1.